The zero-order valence-electron chi connectivity index (χ0n) is 16.1. The second-order valence-corrected chi connectivity index (χ2v) is 9.06. The molecule has 2 atom stereocenters. The Balaban J connectivity index is 1.72. The summed E-state index contributed by atoms with van der Waals surface area (Å²) in [6, 6.07) is 6.62. The van der Waals surface area contributed by atoms with Crippen molar-refractivity contribution in [1.29, 1.82) is 0 Å². The average Bonchev–Trinajstić information content (AvgIpc) is 2.69. The monoisotopic (exact) mass is 423 g/mol. The van der Waals surface area contributed by atoms with Crippen LogP contribution in [0, 0.1) is 0 Å². The maximum Gasteiger partial charge on any atom is 0.321 e. The Kier molecular flexibility index (Phi) is 6.38. The van der Waals surface area contributed by atoms with Crippen molar-refractivity contribution in [2.45, 2.75) is 24.9 Å². The average molecular weight is 423 g/mol. The highest BCUT2D eigenvalue weighted by molar-refractivity contribution is 7.88. The molecule has 10 nitrogen and oxygen atoms in total. The van der Waals surface area contributed by atoms with Crippen molar-refractivity contribution in [1.82, 2.24) is 19.8 Å². The first-order valence-electron chi connectivity index (χ1n) is 9.41. The van der Waals surface area contributed by atoms with Crippen LogP contribution >= 0.6 is 0 Å². The highest BCUT2D eigenvalue weighted by atomic mass is 32.2. The van der Waals surface area contributed by atoms with E-state index in [-0.39, 0.29) is 25.5 Å². The van der Waals surface area contributed by atoms with Gasteiger partial charge in [-0.1, -0.05) is 18.2 Å². The first-order chi connectivity index (χ1) is 13.8. The van der Waals surface area contributed by atoms with E-state index in [1.807, 2.05) is 6.07 Å². The van der Waals surface area contributed by atoms with E-state index in [1.54, 1.807) is 24.3 Å². The summed E-state index contributed by atoms with van der Waals surface area (Å²) in [4.78, 5) is 38.8. The van der Waals surface area contributed by atoms with Crippen molar-refractivity contribution in [3.8, 4) is 0 Å². The number of rotatable bonds is 4. The van der Waals surface area contributed by atoms with Crippen LogP contribution in [0.1, 0.15) is 12.8 Å². The van der Waals surface area contributed by atoms with Gasteiger partial charge in [0.1, 0.15) is 12.1 Å². The molecule has 2 aliphatic heterocycles. The number of nitrogens with one attached hydrogen (secondary N) is 3. The van der Waals surface area contributed by atoms with Gasteiger partial charge in [0.15, 0.2) is 0 Å². The van der Waals surface area contributed by atoms with Gasteiger partial charge in [0.25, 0.3) is 0 Å². The van der Waals surface area contributed by atoms with Gasteiger partial charge >= 0.3 is 6.03 Å². The van der Waals surface area contributed by atoms with Crippen LogP contribution in [-0.4, -0.2) is 80.0 Å². The van der Waals surface area contributed by atoms with Crippen molar-refractivity contribution in [3.05, 3.63) is 30.3 Å². The Labute approximate surface area is 169 Å². The van der Waals surface area contributed by atoms with E-state index in [1.165, 1.54) is 4.90 Å². The topological polar surface area (TPSA) is 128 Å². The number of carbonyl (C=O) groups is 3. The number of amides is 4. The molecule has 0 spiro atoms. The van der Waals surface area contributed by atoms with Crippen LogP contribution in [-0.2, 0) is 19.6 Å². The molecule has 29 heavy (non-hydrogen) atoms. The molecule has 4 amide bonds. The van der Waals surface area contributed by atoms with E-state index in [0.717, 1.165) is 17.0 Å². The third-order valence-corrected chi connectivity index (χ3v) is 6.26. The quantitative estimate of drug-likeness (QED) is 0.605. The normalized spacial score (nSPS) is 23.2. The molecular weight excluding hydrogens is 398 g/mol. The number of piperazine rings is 1. The Morgan fingerprint density at radius 3 is 2.55 bits per heavy atom. The number of sulfonamides is 1. The van der Waals surface area contributed by atoms with Crippen LogP contribution < -0.4 is 16.0 Å². The van der Waals surface area contributed by atoms with Gasteiger partial charge in [0, 0.05) is 31.9 Å². The lowest BCUT2D eigenvalue weighted by Crippen LogP contribution is -2.63. The maximum atomic E-state index is 12.8. The van der Waals surface area contributed by atoms with Crippen molar-refractivity contribution in [2.75, 3.05) is 37.8 Å². The first kappa shape index (κ1) is 21.1. The van der Waals surface area contributed by atoms with Crippen LogP contribution in [0.15, 0.2) is 30.3 Å². The van der Waals surface area contributed by atoms with E-state index in [4.69, 9.17) is 0 Å². The molecule has 158 valence electrons. The van der Waals surface area contributed by atoms with E-state index in [0.29, 0.717) is 18.7 Å². The number of piperidine rings is 1. The summed E-state index contributed by atoms with van der Waals surface area (Å²) in [6.07, 6.45) is 2.24. The van der Waals surface area contributed by atoms with Crippen LogP contribution in [0.5, 0.6) is 0 Å². The van der Waals surface area contributed by atoms with Gasteiger partial charge in [-0.25, -0.2) is 13.2 Å². The molecule has 1 aromatic rings. The Morgan fingerprint density at radius 2 is 1.90 bits per heavy atom. The highest BCUT2D eigenvalue weighted by Gasteiger charge is 2.40. The second kappa shape index (κ2) is 8.78. The Hall–Kier alpha value is -2.66. The molecule has 0 bridgehead atoms. The predicted molar refractivity (Wildman–Crippen MR) is 107 cm³/mol. The number of urea groups is 1. The summed E-state index contributed by atoms with van der Waals surface area (Å²) in [5.74, 6) is -0.875. The van der Waals surface area contributed by atoms with Crippen molar-refractivity contribution < 1.29 is 22.8 Å². The lowest BCUT2D eigenvalue weighted by molar-refractivity contribution is -0.132. The predicted octanol–water partition coefficient (Wildman–Crippen LogP) is -0.441. The summed E-state index contributed by atoms with van der Waals surface area (Å²) in [5.41, 5.74) is 0.600. The number of nitrogens with zero attached hydrogens (tertiary/aromatic N) is 2. The fourth-order valence-electron chi connectivity index (χ4n) is 3.46. The maximum absolute atomic E-state index is 12.8. The molecular formula is C18H25N5O5S. The first-order valence-corrected chi connectivity index (χ1v) is 11.3. The SMILES string of the molecule is CS(=O)(=O)N1CCN(C(=O)Nc2ccccc2)C[C@H]1C(=O)N[C@@H]1CCCNC1=O. The Bertz CT molecular complexity index is 876. The second-order valence-electron chi connectivity index (χ2n) is 7.13. The zero-order valence-corrected chi connectivity index (χ0v) is 16.9. The van der Waals surface area contributed by atoms with Crippen LogP contribution in [0.4, 0.5) is 10.5 Å². The third-order valence-electron chi connectivity index (χ3n) is 4.97. The minimum Gasteiger partial charge on any atom is -0.354 e. The molecule has 1 aromatic carbocycles. The van der Waals surface area contributed by atoms with Crippen LogP contribution in [0.3, 0.4) is 0 Å². The number of para-hydroxylation sites is 1. The Morgan fingerprint density at radius 1 is 1.17 bits per heavy atom. The number of carbonyl (C=O) groups excluding carboxylic acids is 3. The molecule has 3 rings (SSSR count). The zero-order chi connectivity index (χ0) is 21.0. The number of benzene rings is 1. The summed E-state index contributed by atoms with van der Waals surface area (Å²) < 4.78 is 25.4. The fourth-order valence-corrected chi connectivity index (χ4v) is 4.50. The van der Waals surface area contributed by atoms with Gasteiger partial charge in [-0.2, -0.15) is 4.31 Å². The molecule has 0 radical (unpaired) electrons. The standard InChI is InChI=1S/C18H25N5O5S/c1-29(27,28)23-11-10-22(18(26)20-13-6-3-2-4-7-13)12-15(23)17(25)21-14-8-5-9-19-16(14)24/h2-4,6-7,14-15H,5,8-12H2,1H3,(H,19,24)(H,20,26)(H,21,25)/t14-,15+/m1/s1. The van der Waals surface area contributed by atoms with Gasteiger partial charge in [0.2, 0.25) is 21.8 Å². The number of anilines is 1. The minimum atomic E-state index is -3.67. The number of hydrogen-bond acceptors (Lipinski definition) is 5. The fraction of sp³-hybridized carbons (Fsp3) is 0.500. The van der Waals surface area contributed by atoms with E-state index >= 15 is 0 Å². The van der Waals surface area contributed by atoms with Gasteiger partial charge in [-0.05, 0) is 25.0 Å². The summed E-state index contributed by atoms with van der Waals surface area (Å²) in [5, 5.41) is 8.05. The van der Waals surface area contributed by atoms with E-state index in [9.17, 15) is 22.8 Å². The van der Waals surface area contributed by atoms with Gasteiger partial charge in [-0.3, -0.25) is 9.59 Å². The van der Waals surface area contributed by atoms with E-state index < -0.39 is 34.0 Å². The molecule has 3 N–H and O–H groups in total. The van der Waals surface area contributed by atoms with Gasteiger partial charge < -0.3 is 20.9 Å². The van der Waals surface area contributed by atoms with Crippen LogP contribution in [0.2, 0.25) is 0 Å². The lowest BCUT2D eigenvalue weighted by atomic mass is 10.1. The summed E-state index contributed by atoms with van der Waals surface area (Å²) in [7, 11) is -3.67. The smallest absolute Gasteiger partial charge is 0.321 e. The van der Waals surface area contributed by atoms with Crippen LogP contribution in [0.25, 0.3) is 0 Å². The van der Waals surface area contributed by atoms with Crippen molar-refractivity contribution in [2.24, 2.45) is 0 Å². The highest BCUT2D eigenvalue weighted by Crippen LogP contribution is 2.17. The molecule has 2 heterocycles. The molecule has 0 aliphatic carbocycles. The van der Waals surface area contributed by atoms with E-state index in [2.05, 4.69) is 16.0 Å². The van der Waals surface area contributed by atoms with Gasteiger partial charge in [-0.15, -0.1) is 0 Å². The summed E-state index contributed by atoms with van der Waals surface area (Å²) >= 11 is 0. The molecule has 11 heteroatoms. The molecule has 2 saturated heterocycles. The van der Waals surface area contributed by atoms with Gasteiger partial charge in [0.05, 0.1) is 6.26 Å². The molecule has 0 aromatic heterocycles. The molecule has 2 aliphatic rings. The lowest BCUT2D eigenvalue weighted by Gasteiger charge is -2.39. The molecule has 0 unspecified atom stereocenters. The number of hydrogen-bond donors (Lipinski definition) is 3. The largest absolute Gasteiger partial charge is 0.354 e. The van der Waals surface area contributed by atoms with Crippen molar-refractivity contribution >= 4 is 33.6 Å². The molecule has 0 saturated carbocycles. The molecule has 2 fully saturated rings. The minimum absolute atomic E-state index is 0.00398. The van der Waals surface area contributed by atoms with Crippen molar-refractivity contribution in [3.63, 3.8) is 0 Å². The summed E-state index contributed by atoms with van der Waals surface area (Å²) in [6.45, 7) is 0.596. The third kappa shape index (κ3) is 5.24.